The number of halogens is 2. The van der Waals surface area contributed by atoms with Crippen molar-refractivity contribution in [1.29, 1.82) is 0 Å². The van der Waals surface area contributed by atoms with Crippen LogP contribution in [0.2, 0.25) is 5.02 Å². The highest BCUT2D eigenvalue weighted by atomic mass is 35.5. The van der Waals surface area contributed by atoms with Gasteiger partial charge in [0.1, 0.15) is 5.82 Å². The molecule has 0 radical (unpaired) electrons. The summed E-state index contributed by atoms with van der Waals surface area (Å²) in [4.78, 5) is 14.6. The standard InChI is InChI=1S/C12H10ClFN2O/c13-11-9(2-1-3-10(11)14)12(17)16-7-8-4-5-15-6-8/h1-6,15H,7H2,(H,16,17). The molecule has 3 nitrogen and oxygen atoms in total. The normalized spacial score (nSPS) is 10.2. The van der Waals surface area contributed by atoms with Crippen molar-refractivity contribution in [1.82, 2.24) is 10.3 Å². The maximum absolute atomic E-state index is 13.1. The number of nitrogens with one attached hydrogen (secondary N) is 2. The van der Waals surface area contributed by atoms with Gasteiger partial charge in [-0.25, -0.2) is 4.39 Å². The molecule has 1 aromatic heterocycles. The molecule has 0 saturated heterocycles. The highest BCUT2D eigenvalue weighted by Crippen LogP contribution is 2.19. The van der Waals surface area contributed by atoms with E-state index in [0.29, 0.717) is 6.54 Å². The van der Waals surface area contributed by atoms with Gasteiger partial charge in [-0.1, -0.05) is 17.7 Å². The van der Waals surface area contributed by atoms with Crippen molar-refractivity contribution >= 4 is 17.5 Å². The predicted octanol–water partition coefficient (Wildman–Crippen LogP) is 2.74. The highest BCUT2D eigenvalue weighted by Gasteiger charge is 2.12. The van der Waals surface area contributed by atoms with E-state index in [9.17, 15) is 9.18 Å². The summed E-state index contributed by atoms with van der Waals surface area (Å²) in [6.45, 7) is 0.370. The molecule has 1 amide bonds. The van der Waals surface area contributed by atoms with Crippen molar-refractivity contribution in [3.63, 3.8) is 0 Å². The van der Waals surface area contributed by atoms with Crippen LogP contribution in [0.15, 0.2) is 36.7 Å². The number of carbonyl (C=O) groups is 1. The lowest BCUT2D eigenvalue weighted by molar-refractivity contribution is 0.0950. The van der Waals surface area contributed by atoms with Gasteiger partial charge in [0.15, 0.2) is 0 Å². The van der Waals surface area contributed by atoms with Crippen molar-refractivity contribution < 1.29 is 9.18 Å². The van der Waals surface area contributed by atoms with E-state index in [1.54, 1.807) is 12.4 Å². The summed E-state index contributed by atoms with van der Waals surface area (Å²) >= 11 is 5.71. The second kappa shape index (κ2) is 5.01. The van der Waals surface area contributed by atoms with E-state index in [0.717, 1.165) is 5.56 Å². The third kappa shape index (κ3) is 2.65. The Bertz CT molecular complexity index is 525. The number of hydrogen-bond acceptors (Lipinski definition) is 1. The fourth-order valence-electron chi connectivity index (χ4n) is 1.43. The van der Waals surface area contributed by atoms with Gasteiger partial charge < -0.3 is 10.3 Å². The van der Waals surface area contributed by atoms with Crippen LogP contribution in [-0.2, 0) is 6.54 Å². The summed E-state index contributed by atoms with van der Waals surface area (Å²) in [5.41, 5.74) is 1.08. The highest BCUT2D eigenvalue weighted by molar-refractivity contribution is 6.34. The number of H-pyrrole nitrogens is 1. The summed E-state index contributed by atoms with van der Waals surface area (Å²) in [5, 5.41) is 2.51. The topological polar surface area (TPSA) is 44.9 Å². The van der Waals surface area contributed by atoms with Gasteiger partial charge in [0.25, 0.3) is 5.91 Å². The largest absolute Gasteiger partial charge is 0.367 e. The number of aromatic amines is 1. The van der Waals surface area contributed by atoms with Crippen LogP contribution < -0.4 is 5.32 Å². The summed E-state index contributed by atoms with van der Waals surface area (Å²) in [6, 6.07) is 5.99. The Morgan fingerprint density at radius 3 is 2.94 bits per heavy atom. The first-order valence-electron chi connectivity index (χ1n) is 5.02. The van der Waals surface area contributed by atoms with Crippen LogP contribution in [0.4, 0.5) is 4.39 Å². The average molecular weight is 253 g/mol. The number of rotatable bonds is 3. The van der Waals surface area contributed by atoms with Crippen LogP contribution >= 0.6 is 11.6 Å². The van der Waals surface area contributed by atoms with Crippen molar-refractivity contribution in [3.05, 3.63) is 58.6 Å². The molecule has 2 rings (SSSR count). The zero-order valence-electron chi connectivity index (χ0n) is 8.84. The fraction of sp³-hybridized carbons (Fsp3) is 0.0833. The zero-order valence-corrected chi connectivity index (χ0v) is 9.59. The van der Waals surface area contributed by atoms with Gasteiger partial charge in [0.2, 0.25) is 0 Å². The Morgan fingerprint density at radius 1 is 1.41 bits per heavy atom. The lowest BCUT2D eigenvalue weighted by Gasteiger charge is -2.06. The fourth-order valence-corrected chi connectivity index (χ4v) is 1.64. The number of carbonyl (C=O) groups excluding carboxylic acids is 1. The van der Waals surface area contributed by atoms with Crippen molar-refractivity contribution in [2.75, 3.05) is 0 Å². The molecule has 1 aromatic carbocycles. The van der Waals surface area contributed by atoms with Crippen molar-refractivity contribution in [2.24, 2.45) is 0 Å². The molecule has 0 spiro atoms. The molecule has 17 heavy (non-hydrogen) atoms. The molecule has 0 fully saturated rings. The van der Waals surface area contributed by atoms with E-state index < -0.39 is 11.7 Å². The Balaban J connectivity index is 2.07. The minimum Gasteiger partial charge on any atom is -0.367 e. The molecule has 88 valence electrons. The van der Waals surface area contributed by atoms with Crippen molar-refractivity contribution in [2.45, 2.75) is 6.54 Å². The quantitative estimate of drug-likeness (QED) is 0.867. The number of hydrogen-bond donors (Lipinski definition) is 2. The SMILES string of the molecule is O=C(NCc1cc[nH]c1)c1cccc(F)c1Cl. The van der Waals surface area contributed by atoms with Crippen LogP contribution in [0.1, 0.15) is 15.9 Å². The lowest BCUT2D eigenvalue weighted by Crippen LogP contribution is -2.23. The Morgan fingerprint density at radius 2 is 2.24 bits per heavy atom. The molecule has 0 bridgehead atoms. The minimum atomic E-state index is -0.596. The molecule has 0 aliphatic carbocycles. The molecular formula is C12H10ClFN2O. The number of aromatic nitrogens is 1. The Kier molecular flexibility index (Phi) is 3.44. The van der Waals surface area contributed by atoms with Gasteiger partial charge in [-0.3, -0.25) is 4.79 Å². The second-order valence-corrected chi connectivity index (χ2v) is 3.88. The Hall–Kier alpha value is -1.81. The van der Waals surface area contributed by atoms with Crippen molar-refractivity contribution in [3.8, 4) is 0 Å². The van der Waals surface area contributed by atoms with E-state index >= 15 is 0 Å². The van der Waals surface area contributed by atoms with Gasteiger partial charge in [0, 0.05) is 18.9 Å². The average Bonchev–Trinajstić information content (AvgIpc) is 2.82. The van der Waals surface area contributed by atoms with Crippen LogP contribution in [0.5, 0.6) is 0 Å². The van der Waals surface area contributed by atoms with Crippen LogP contribution in [0.3, 0.4) is 0 Å². The molecule has 0 aliphatic heterocycles. The molecule has 0 aliphatic rings. The van der Waals surface area contributed by atoms with Gasteiger partial charge in [-0.15, -0.1) is 0 Å². The van der Waals surface area contributed by atoms with E-state index in [2.05, 4.69) is 10.3 Å². The monoisotopic (exact) mass is 252 g/mol. The number of amides is 1. The summed E-state index contributed by atoms with van der Waals surface area (Å²) in [5.74, 6) is -0.989. The third-order valence-corrected chi connectivity index (χ3v) is 2.70. The molecule has 2 aromatic rings. The zero-order chi connectivity index (χ0) is 12.3. The molecule has 5 heteroatoms. The number of benzene rings is 1. The first-order valence-corrected chi connectivity index (χ1v) is 5.40. The summed E-state index contributed by atoms with van der Waals surface area (Å²) in [6.07, 6.45) is 3.53. The third-order valence-electron chi connectivity index (χ3n) is 2.31. The maximum atomic E-state index is 13.1. The predicted molar refractivity (Wildman–Crippen MR) is 63.4 cm³/mol. The molecular weight excluding hydrogens is 243 g/mol. The maximum Gasteiger partial charge on any atom is 0.253 e. The second-order valence-electron chi connectivity index (χ2n) is 3.50. The molecule has 0 unspecified atom stereocenters. The smallest absolute Gasteiger partial charge is 0.253 e. The Labute approximate surface area is 103 Å². The van der Waals surface area contributed by atoms with Crippen LogP contribution in [0, 0.1) is 5.82 Å². The van der Waals surface area contributed by atoms with Gasteiger partial charge in [-0.2, -0.15) is 0 Å². The molecule has 0 saturated carbocycles. The molecule has 1 heterocycles. The van der Waals surface area contributed by atoms with Gasteiger partial charge in [-0.05, 0) is 23.8 Å². The van der Waals surface area contributed by atoms with Crippen LogP contribution in [0.25, 0.3) is 0 Å². The lowest BCUT2D eigenvalue weighted by atomic mass is 10.2. The van der Waals surface area contributed by atoms with Gasteiger partial charge >= 0.3 is 0 Å². The summed E-state index contributed by atoms with van der Waals surface area (Å²) in [7, 11) is 0. The minimum absolute atomic E-state index is 0.141. The van der Waals surface area contributed by atoms with E-state index in [1.807, 2.05) is 6.07 Å². The van der Waals surface area contributed by atoms with E-state index in [1.165, 1.54) is 18.2 Å². The molecule has 0 atom stereocenters. The van der Waals surface area contributed by atoms with Gasteiger partial charge in [0.05, 0.1) is 10.6 Å². The first-order chi connectivity index (χ1) is 8.18. The molecule has 2 N–H and O–H groups in total. The first kappa shape index (κ1) is 11.7. The van der Waals surface area contributed by atoms with Crippen LogP contribution in [-0.4, -0.2) is 10.9 Å². The summed E-state index contributed by atoms with van der Waals surface area (Å²) < 4.78 is 13.1. The van der Waals surface area contributed by atoms with E-state index in [4.69, 9.17) is 11.6 Å². The van der Waals surface area contributed by atoms with E-state index in [-0.39, 0.29) is 10.6 Å².